The molecular formula is C18H25N5OS. The lowest BCUT2D eigenvalue weighted by molar-refractivity contribution is -0.131. The number of thioether (sulfide) groups is 1. The van der Waals surface area contributed by atoms with Gasteiger partial charge in [-0.1, -0.05) is 55.9 Å². The van der Waals surface area contributed by atoms with E-state index in [0.29, 0.717) is 11.1 Å². The van der Waals surface area contributed by atoms with Crippen molar-refractivity contribution in [2.45, 2.75) is 50.1 Å². The Bertz CT molecular complexity index is 682. The summed E-state index contributed by atoms with van der Waals surface area (Å²) in [5.41, 5.74) is 1.00. The van der Waals surface area contributed by atoms with Crippen LogP contribution in [0.15, 0.2) is 35.5 Å². The summed E-state index contributed by atoms with van der Waals surface area (Å²) in [4.78, 5) is 15.2. The van der Waals surface area contributed by atoms with Gasteiger partial charge in [0.15, 0.2) is 0 Å². The van der Waals surface area contributed by atoms with Crippen LogP contribution in [0.1, 0.15) is 43.9 Å². The highest BCUT2D eigenvalue weighted by Gasteiger charge is 2.29. The van der Waals surface area contributed by atoms with Crippen molar-refractivity contribution < 1.29 is 4.79 Å². The van der Waals surface area contributed by atoms with Gasteiger partial charge in [0.1, 0.15) is 5.25 Å². The lowest BCUT2D eigenvalue weighted by Gasteiger charge is -2.30. The van der Waals surface area contributed by atoms with Crippen LogP contribution in [0, 0.1) is 5.92 Å². The summed E-state index contributed by atoms with van der Waals surface area (Å²) in [6.07, 6.45) is 3.38. The number of nitrogens with zero attached hydrogens (tertiary/aromatic N) is 5. The van der Waals surface area contributed by atoms with Gasteiger partial charge < -0.3 is 4.90 Å². The maximum Gasteiger partial charge on any atom is 0.240 e. The monoisotopic (exact) mass is 359 g/mol. The molecule has 0 spiro atoms. The number of hydrogen-bond acceptors (Lipinski definition) is 5. The second kappa shape index (κ2) is 8.47. The molecule has 1 aliphatic heterocycles. The predicted molar refractivity (Wildman–Crippen MR) is 98.1 cm³/mol. The molecule has 0 bridgehead atoms. The number of benzene rings is 1. The van der Waals surface area contributed by atoms with Gasteiger partial charge in [-0.15, -0.1) is 5.10 Å². The fraction of sp³-hybridized carbons (Fsp3) is 0.556. The topological polar surface area (TPSA) is 63.9 Å². The number of likely N-dealkylation sites (tertiary alicyclic amines) is 1. The Hall–Kier alpha value is -1.89. The van der Waals surface area contributed by atoms with E-state index in [0.717, 1.165) is 38.0 Å². The third-order valence-electron chi connectivity index (χ3n) is 4.25. The van der Waals surface area contributed by atoms with Gasteiger partial charge in [-0.2, -0.15) is 0 Å². The van der Waals surface area contributed by atoms with Crippen molar-refractivity contribution in [3.05, 3.63) is 35.9 Å². The van der Waals surface area contributed by atoms with Crippen LogP contribution in [0.5, 0.6) is 0 Å². The maximum absolute atomic E-state index is 13.2. The Morgan fingerprint density at radius 3 is 2.56 bits per heavy atom. The van der Waals surface area contributed by atoms with Crippen LogP contribution in [-0.2, 0) is 11.3 Å². The molecule has 7 heteroatoms. The van der Waals surface area contributed by atoms with E-state index in [9.17, 15) is 4.79 Å². The molecule has 0 saturated carbocycles. The minimum absolute atomic E-state index is 0.162. The van der Waals surface area contributed by atoms with Crippen LogP contribution >= 0.6 is 11.8 Å². The first-order chi connectivity index (χ1) is 12.1. The quantitative estimate of drug-likeness (QED) is 0.741. The normalized spacial score (nSPS) is 16.2. The fourth-order valence-corrected chi connectivity index (χ4v) is 4.09. The first-order valence-electron chi connectivity index (χ1n) is 8.91. The second-order valence-electron chi connectivity index (χ2n) is 6.83. The van der Waals surface area contributed by atoms with Gasteiger partial charge in [-0.05, 0) is 41.2 Å². The van der Waals surface area contributed by atoms with Crippen LogP contribution in [0.25, 0.3) is 0 Å². The predicted octanol–water partition coefficient (Wildman–Crippen LogP) is 3.18. The molecule has 1 saturated heterocycles. The van der Waals surface area contributed by atoms with Crippen molar-refractivity contribution in [3.63, 3.8) is 0 Å². The number of amides is 1. The van der Waals surface area contributed by atoms with Crippen molar-refractivity contribution in [1.29, 1.82) is 0 Å². The summed E-state index contributed by atoms with van der Waals surface area (Å²) >= 11 is 1.45. The van der Waals surface area contributed by atoms with Crippen molar-refractivity contribution in [2.75, 3.05) is 13.1 Å². The number of carbonyl (C=O) groups excluding carboxylic acids is 1. The third-order valence-corrected chi connectivity index (χ3v) is 5.47. The van der Waals surface area contributed by atoms with Crippen LogP contribution in [0.4, 0.5) is 0 Å². The van der Waals surface area contributed by atoms with Gasteiger partial charge in [-0.3, -0.25) is 4.79 Å². The van der Waals surface area contributed by atoms with Crippen molar-refractivity contribution in [1.82, 2.24) is 25.1 Å². The van der Waals surface area contributed by atoms with Gasteiger partial charge in [0, 0.05) is 19.6 Å². The van der Waals surface area contributed by atoms with E-state index in [4.69, 9.17) is 0 Å². The first kappa shape index (κ1) is 17.9. The molecule has 1 unspecified atom stereocenters. The zero-order valence-corrected chi connectivity index (χ0v) is 15.7. The molecule has 1 atom stereocenters. The molecule has 1 amide bonds. The van der Waals surface area contributed by atoms with E-state index in [1.807, 2.05) is 35.2 Å². The second-order valence-corrected chi connectivity index (χ2v) is 7.90. The van der Waals surface area contributed by atoms with Crippen molar-refractivity contribution in [3.8, 4) is 0 Å². The summed E-state index contributed by atoms with van der Waals surface area (Å²) in [5, 5.41) is 12.4. The summed E-state index contributed by atoms with van der Waals surface area (Å²) in [5.74, 6) is 0.603. The number of hydrogen-bond donors (Lipinski definition) is 0. The highest BCUT2D eigenvalue weighted by atomic mass is 32.2. The molecule has 134 valence electrons. The van der Waals surface area contributed by atoms with Crippen molar-refractivity contribution in [2.24, 2.45) is 5.92 Å². The minimum Gasteiger partial charge on any atom is -0.341 e. The van der Waals surface area contributed by atoms with Crippen molar-refractivity contribution >= 4 is 17.7 Å². The minimum atomic E-state index is -0.309. The smallest absolute Gasteiger partial charge is 0.240 e. The van der Waals surface area contributed by atoms with E-state index in [1.54, 1.807) is 4.68 Å². The Morgan fingerprint density at radius 2 is 1.88 bits per heavy atom. The molecule has 2 aromatic rings. The van der Waals surface area contributed by atoms with E-state index in [1.165, 1.54) is 18.2 Å². The number of rotatable bonds is 6. The van der Waals surface area contributed by atoms with Gasteiger partial charge in [0.25, 0.3) is 0 Å². The molecule has 1 fully saturated rings. The molecule has 25 heavy (non-hydrogen) atoms. The molecule has 0 N–H and O–H groups in total. The van der Waals surface area contributed by atoms with Crippen LogP contribution < -0.4 is 0 Å². The van der Waals surface area contributed by atoms with Crippen LogP contribution in [0.3, 0.4) is 0 Å². The van der Waals surface area contributed by atoms with Gasteiger partial charge in [0.2, 0.25) is 11.1 Å². The molecule has 1 aliphatic rings. The molecule has 1 aromatic heterocycles. The van der Waals surface area contributed by atoms with E-state index in [-0.39, 0.29) is 11.2 Å². The summed E-state index contributed by atoms with van der Waals surface area (Å²) in [6.45, 7) is 6.70. The van der Waals surface area contributed by atoms with E-state index < -0.39 is 0 Å². The molecular weight excluding hydrogens is 334 g/mol. The molecule has 0 radical (unpaired) electrons. The summed E-state index contributed by atoms with van der Waals surface area (Å²) in [7, 11) is 0. The SMILES string of the molecule is CC(C)Cn1nnnc1SC(C(=O)N1CCCCC1)c1ccccc1. The first-order valence-corrected chi connectivity index (χ1v) is 9.79. The van der Waals surface area contributed by atoms with Crippen LogP contribution in [-0.4, -0.2) is 44.1 Å². The number of aromatic nitrogens is 4. The van der Waals surface area contributed by atoms with E-state index >= 15 is 0 Å². The Balaban J connectivity index is 1.84. The number of piperidine rings is 1. The van der Waals surface area contributed by atoms with E-state index in [2.05, 4.69) is 29.4 Å². The maximum atomic E-state index is 13.2. The Labute approximate surface area is 153 Å². The fourth-order valence-electron chi connectivity index (χ4n) is 3.02. The van der Waals surface area contributed by atoms with Gasteiger partial charge in [0.05, 0.1) is 0 Å². The molecule has 0 aliphatic carbocycles. The lowest BCUT2D eigenvalue weighted by Crippen LogP contribution is -2.38. The van der Waals surface area contributed by atoms with Gasteiger partial charge >= 0.3 is 0 Å². The van der Waals surface area contributed by atoms with Crippen LogP contribution in [0.2, 0.25) is 0 Å². The zero-order chi connectivity index (χ0) is 17.6. The Kier molecular flexibility index (Phi) is 6.07. The average Bonchev–Trinajstić information content (AvgIpc) is 3.06. The molecule has 3 rings (SSSR count). The standard InChI is InChI=1S/C18H25N5OS/c1-14(2)13-23-18(19-20-21-23)25-16(15-9-5-3-6-10-15)17(24)22-11-7-4-8-12-22/h3,5-6,9-10,14,16H,4,7-8,11-13H2,1-2H3. The number of tetrazole rings is 1. The average molecular weight is 359 g/mol. The summed E-state index contributed by atoms with van der Waals surface area (Å²) in [6, 6.07) is 9.94. The third kappa shape index (κ3) is 4.60. The molecule has 2 heterocycles. The zero-order valence-electron chi connectivity index (χ0n) is 14.8. The summed E-state index contributed by atoms with van der Waals surface area (Å²) < 4.78 is 1.80. The lowest BCUT2D eigenvalue weighted by atomic mass is 10.1. The highest BCUT2D eigenvalue weighted by Crippen LogP contribution is 2.36. The largest absolute Gasteiger partial charge is 0.341 e. The molecule has 1 aromatic carbocycles. The van der Waals surface area contributed by atoms with Gasteiger partial charge in [-0.25, -0.2) is 4.68 Å². The number of carbonyl (C=O) groups is 1. The highest BCUT2D eigenvalue weighted by molar-refractivity contribution is 8.00. The Morgan fingerprint density at radius 1 is 1.16 bits per heavy atom. The molecule has 6 nitrogen and oxygen atoms in total.